The topological polar surface area (TPSA) is 42.1 Å². The van der Waals surface area contributed by atoms with E-state index in [9.17, 15) is 0 Å². The molecule has 0 aliphatic carbocycles. The number of hydrogen-bond donors (Lipinski definition) is 1. The van der Waals surface area contributed by atoms with Crippen molar-refractivity contribution in [2.75, 3.05) is 18.0 Å². The molecule has 1 heterocycles. The Morgan fingerprint density at radius 1 is 1.28 bits per heavy atom. The van der Waals surface area contributed by atoms with Gasteiger partial charge < -0.3 is 10.6 Å². The molecule has 0 saturated carbocycles. The molecule has 2 N–H and O–H groups in total. The van der Waals surface area contributed by atoms with Crippen molar-refractivity contribution in [3.8, 4) is 0 Å². The molecule has 100 valence electrons. The minimum Gasteiger partial charge on any atom is -0.389 e. The summed E-state index contributed by atoms with van der Waals surface area (Å²) in [6, 6.07) is 3.84. The predicted octanol–water partition coefficient (Wildman–Crippen LogP) is 2.83. The average molecular weight is 265 g/mol. The second kappa shape index (κ2) is 6.69. The largest absolute Gasteiger partial charge is 0.389 e. The van der Waals surface area contributed by atoms with E-state index in [-0.39, 0.29) is 0 Å². The number of thiocarbonyl (C=S) groups is 1. The second-order valence-electron chi connectivity index (χ2n) is 5.46. The summed E-state index contributed by atoms with van der Waals surface area (Å²) >= 11 is 5.02. The lowest BCUT2D eigenvalue weighted by Gasteiger charge is -2.27. The lowest BCUT2D eigenvalue weighted by molar-refractivity contribution is 0.549. The maximum absolute atomic E-state index is 5.67. The zero-order valence-corrected chi connectivity index (χ0v) is 12.5. The number of aromatic nitrogens is 1. The Morgan fingerprint density at radius 2 is 1.83 bits per heavy atom. The molecule has 0 radical (unpaired) electrons. The van der Waals surface area contributed by atoms with Crippen LogP contribution in [0.4, 0.5) is 5.82 Å². The van der Waals surface area contributed by atoms with Crippen molar-refractivity contribution in [3.05, 3.63) is 23.9 Å². The molecule has 0 aliphatic rings. The Bertz CT molecular complexity index is 392. The van der Waals surface area contributed by atoms with Crippen molar-refractivity contribution in [1.82, 2.24) is 4.98 Å². The first-order chi connectivity index (χ1) is 8.40. The van der Waals surface area contributed by atoms with Gasteiger partial charge >= 0.3 is 0 Å². The van der Waals surface area contributed by atoms with Crippen LogP contribution in [0.25, 0.3) is 0 Å². The van der Waals surface area contributed by atoms with E-state index in [1.165, 1.54) is 0 Å². The molecular weight excluding hydrogens is 242 g/mol. The molecule has 0 amide bonds. The molecule has 0 fully saturated rings. The standard InChI is InChI=1S/C14H23N3S/c1-10(2)8-17(9-11(3)4)13-7-12(14(15)18)5-6-16-13/h5-7,10-11H,8-9H2,1-4H3,(H2,15,18). The summed E-state index contributed by atoms with van der Waals surface area (Å²) in [4.78, 5) is 7.17. The van der Waals surface area contributed by atoms with E-state index < -0.39 is 0 Å². The number of anilines is 1. The van der Waals surface area contributed by atoms with Gasteiger partial charge in [-0.25, -0.2) is 4.98 Å². The van der Waals surface area contributed by atoms with Crippen LogP contribution in [0.5, 0.6) is 0 Å². The molecule has 3 nitrogen and oxygen atoms in total. The quantitative estimate of drug-likeness (QED) is 0.803. The van der Waals surface area contributed by atoms with Crippen LogP contribution in [0.3, 0.4) is 0 Å². The fraction of sp³-hybridized carbons (Fsp3) is 0.571. The molecule has 0 spiro atoms. The van der Waals surface area contributed by atoms with Gasteiger partial charge in [-0.3, -0.25) is 0 Å². The fourth-order valence-electron chi connectivity index (χ4n) is 1.89. The summed E-state index contributed by atoms with van der Waals surface area (Å²) in [7, 11) is 0. The summed E-state index contributed by atoms with van der Waals surface area (Å²) < 4.78 is 0. The molecule has 0 saturated heterocycles. The van der Waals surface area contributed by atoms with Crippen molar-refractivity contribution < 1.29 is 0 Å². The van der Waals surface area contributed by atoms with Crippen LogP contribution in [-0.2, 0) is 0 Å². The smallest absolute Gasteiger partial charge is 0.129 e. The van der Waals surface area contributed by atoms with E-state index in [0.717, 1.165) is 24.5 Å². The molecule has 1 aromatic rings. The highest BCUT2D eigenvalue weighted by atomic mass is 32.1. The lowest BCUT2D eigenvalue weighted by Crippen LogP contribution is -2.32. The minimum absolute atomic E-state index is 0.424. The maximum Gasteiger partial charge on any atom is 0.129 e. The SMILES string of the molecule is CC(C)CN(CC(C)C)c1cc(C(N)=S)ccn1. The molecular formula is C14H23N3S. The Hall–Kier alpha value is -1.16. The number of hydrogen-bond acceptors (Lipinski definition) is 3. The zero-order chi connectivity index (χ0) is 13.7. The van der Waals surface area contributed by atoms with E-state index in [1.807, 2.05) is 12.1 Å². The van der Waals surface area contributed by atoms with E-state index >= 15 is 0 Å². The van der Waals surface area contributed by atoms with Gasteiger partial charge in [-0.05, 0) is 24.0 Å². The van der Waals surface area contributed by atoms with Gasteiger partial charge in [0.15, 0.2) is 0 Å². The van der Waals surface area contributed by atoms with Crippen LogP contribution in [0.2, 0.25) is 0 Å². The Labute approximate surface area is 115 Å². The predicted molar refractivity (Wildman–Crippen MR) is 82.0 cm³/mol. The van der Waals surface area contributed by atoms with Gasteiger partial charge in [0.25, 0.3) is 0 Å². The zero-order valence-electron chi connectivity index (χ0n) is 11.7. The van der Waals surface area contributed by atoms with Crippen molar-refractivity contribution in [1.29, 1.82) is 0 Å². The van der Waals surface area contributed by atoms with Gasteiger partial charge in [0.1, 0.15) is 10.8 Å². The maximum atomic E-state index is 5.67. The van der Waals surface area contributed by atoms with Crippen molar-refractivity contribution in [2.45, 2.75) is 27.7 Å². The normalized spacial score (nSPS) is 11.0. The summed E-state index contributed by atoms with van der Waals surface area (Å²) in [5.41, 5.74) is 6.55. The van der Waals surface area contributed by atoms with Crippen LogP contribution in [0.15, 0.2) is 18.3 Å². The summed E-state index contributed by atoms with van der Waals surface area (Å²) in [5, 5.41) is 0. The van der Waals surface area contributed by atoms with Crippen molar-refractivity contribution >= 4 is 23.0 Å². The lowest BCUT2D eigenvalue weighted by atomic mass is 10.1. The second-order valence-corrected chi connectivity index (χ2v) is 5.90. The minimum atomic E-state index is 0.424. The summed E-state index contributed by atoms with van der Waals surface area (Å²) in [6.07, 6.45) is 1.78. The molecule has 0 unspecified atom stereocenters. The average Bonchev–Trinajstić information content (AvgIpc) is 2.27. The summed E-state index contributed by atoms with van der Waals surface area (Å²) in [6.45, 7) is 10.8. The van der Waals surface area contributed by atoms with Crippen LogP contribution >= 0.6 is 12.2 Å². The van der Waals surface area contributed by atoms with Gasteiger partial charge in [-0.2, -0.15) is 0 Å². The van der Waals surface area contributed by atoms with Gasteiger partial charge in [0, 0.05) is 24.8 Å². The van der Waals surface area contributed by atoms with Crippen LogP contribution in [0, 0.1) is 11.8 Å². The molecule has 0 aromatic carbocycles. The Morgan fingerprint density at radius 3 is 2.28 bits per heavy atom. The van der Waals surface area contributed by atoms with E-state index in [1.54, 1.807) is 6.20 Å². The Balaban J connectivity index is 2.96. The number of nitrogens with zero attached hydrogens (tertiary/aromatic N) is 2. The van der Waals surface area contributed by atoms with Gasteiger partial charge in [0.2, 0.25) is 0 Å². The molecule has 4 heteroatoms. The first-order valence-corrected chi connectivity index (χ1v) is 6.81. The van der Waals surface area contributed by atoms with Crippen molar-refractivity contribution in [3.63, 3.8) is 0 Å². The number of nitrogens with two attached hydrogens (primary N) is 1. The van der Waals surface area contributed by atoms with E-state index in [0.29, 0.717) is 16.8 Å². The van der Waals surface area contributed by atoms with Crippen molar-refractivity contribution in [2.24, 2.45) is 17.6 Å². The third kappa shape index (κ3) is 4.61. The highest BCUT2D eigenvalue weighted by Crippen LogP contribution is 2.16. The highest BCUT2D eigenvalue weighted by Gasteiger charge is 2.12. The monoisotopic (exact) mass is 265 g/mol. The van der Waals surface area contributed by atoms with Gasteiger partial charge in [-0.15, -0.1) is 0 Å². The molecule has 0 aliphatic heterocycles. The van der Waals surface area contributed by atoms with E-state index in [2.05, 4.69) is 37.6 Å². The molecule has 18 heavy (non-hydrogen) atoms. The molecule has 0 bridgehead atoms. The molecule has 1 aromatic heterocycles. The first kappa shape index (κ1) is 14.9. The van der Waals surface area contributed by atoms with Gasteiger partial charge in [0.05, 0.1) is 0 Å². The number of pyridine rings is 1. The van der Waals surface area contributed by atoms with E-state index in [4.69, 9.17) is 18.0 Å². The first-order valence-electron chi connectivity index (χ1n) is 6.41. The van der Waals surface area contributed by atoms with Crippen LogP contribution in [0.1, 0.15) is 33.3 Å². The third-order valence-electron chi connectivity index (χ3n) is 2.53. The summed E-state index contributed by atoms with van der Waals surface area (Å²) in [5.74, 6) is 2.15. The van der Waals surface area contributed by atoms with Gasteiger partial charge in [-0.1, -0.05) is 39.9 Å². The van der Waals surface area contributed by atoms with Crippen LogP contribution in [-0.4, -0.2) is 23.1 Å². The number of rotatable bonds is 6. The highest BCUT2D eigenvalue weighted by molar-refractivity contribution is 7.80. The molecule has 1 rings (SSSR count). The Kier molecular flexibility index (Phi) is 5.54. The van der Waals surface area contributed by atoms with Crippen LogP contribution < -0.4 is 10.6 Å². The fourth-order valence-corrected chi connectivity index (χ4v) is 2.01. The molecule has 0 atom stereocenters. The third-order valence-corrected chi connectivity index (χ3v) is 2.76.